The van der Waals surface area contributed by atoms with Gasteiger partial charge in [0.05, 0.1) is 0 Å². The van der Waals surface area contributed by atoms with E-state index >= 15 is 0 Å². The molecule has 1 aromatic heterocycles. The number of furan rings is 1. The Bertz CT molecular complexity index is 3230. The zero-order valence-corrected chi connectivity index (χ0v) is 32.9. The molecule has 60 heavy (non-hydrogen) atoms. The third-order valence-electron chi connectivity index (χ3n) is 11.6. The Morgan fingerprint density at radius 3 is 1.40 bits per heavy atom. The molecule has 0 aliphatic rings. The summed E-state index contributed by atoms with van der Waals surface area (Å²) < 4.78 is 6.14. The summed E-state index contributed by atoms with van der Waals surface area (Å²) in [7, 11) is 0. The van der Waals surface area contributed by atoms with E-state index in [1.54, 1.807) is 0 Å². The maximum atomic E-state index is 6.14. The van der Waals surface area contributed by atoms with Gasteiger partial charge in [-0.1, -0.05) is 164 Å². The number of benzene rings is 10. The fraction of sp³-hybridized carbons (Fsp3) is 0. The number of hydrogen-bond acceptors (Lipinski definition) is 2. The molecule has 2 nitrogen and oxygen atoms in total. The first-order chi connectivity index (χ1) is 29.7. The number of nitrogens with zero attached hydrogens (tertiary/aromatic N) is 1. The van der Waals surface area contributed by atoms with Gasteiger partial charge in [-0.25, -0.2) is 0 Å². The fourth-order valence-electron chi connectivity index (χ4n) is 8.64. The molecule has 2 heteroatoms. The van der Waals surface area contributed by atoms with E-state index in [1.165, 1.54) is 49.7 Å². The molecule has 0 bridgehead atoms. The van der Waals surface area contributed by atoms with Crippen LogP contribution in [-0.4, -0.2) is 0 Å². The summed E-state index contributed by atoms with van der Waals surface area (Å²) in [5.41, 5.74) is 16.9. The lowest BCUT2D eigenvalue weighted by molar-refractivity contribution is 0.669. The van der Waals surface area contributed by atoms with Crippen LogP contribution in [0.5, 0.6) is 0 Å². The van der Waals surface area contributed by atoms with Crippen molar-refractivity contribution >= 4 is 49.8 Å². The summed E-state index contributed by atoms with van der Waals surface area (Å²) in [5.74, 6) is 0. The summed E-state index contributed by atoms with van der Waals surface area (Å²) in [6.07, 6.45) is 0. The molecular formula is C58H39NO. The van der Waals surface area contributed by atoms with Crippen LogP contribution in [0.2, 0.25) is 0 Å². The smallest absolute Gasteiger partial charge is 0.135 e. The van der Waals surface area contributed by atoms with E-state index in [-0.39, 0.29) is 0 Å². The van der Waals surface area contributed by atoms with Gasteiger partial charge in [0.1, 0.15) is 11.2 Å². The topological polar surface area (TPSA) is 16.4 Å². The third-order valence-corrected chi connectivity index (χ3v) is 11.6. The second-order valence-electron chi connectivity index (χ2n) is 15.3. The molecule has 0 unspecified atom stereocenters. The summed E-state index contributed by atoms with van der Waals surface area (Å²) >= 11 is 0. The third kappa shape index (κ3) is 6.61. The van der Waals surface area contributed by atoms with Gasteiger partial charge in [-0.3, -0.25) is 0 Å². The molecular weight excluding hydrogens is 727 g/mol. The summed E-state index contributed by atoms with van der Waals surface area (Å²) in [6.45, 7) is 0. The Morgan fingerprint density at radius 1 is 0.250 bits per heavy atom. The van der Waals surface area contributed by atoms with Crippen LogP contribution < -0.4 is 4.90 Å². The molecule has 0 spiro atoms. The molecule has 0 atom stereocenters. The highest BCUT2D eigenvalue weighted by atomic mass is 16.3. The second kappa shape index (κ2) is 15.1. The molecule has 0 saturated carbocycles. The normalized spacial score (nSPS) is 11.3. The van der Waals surface area contributed by atoms with Gasteiger partial charge in [-0.05, 0) is 139 Å². The number of para-hydroxylation sites is 1. The van der Waals surface area contributed by atoms with E-state index in [0.29, 0.717) is 0 Å². The maximum absolute atomic E-state index is 6.14. The molecule has 0 amide bonds. The molecule has 11 rings (SSSR count). The first-order valence-electron chi connectivity index (χ1n) is 20.5. The van der Waals surface area contributed by atoms with Crippen LogP contribution >= 0.6 is 0 Å². The molecule has 0 N–H and O–H groups in total. The molecule has 0 aliphatic heterocycles. The standard InChI is InChI=1S/C58H39NO/c1-3-13-40(14-4-1)47-35-48(41-15-5-2-6-16-41)37-49(36-47)43-27-32-51(33-28-43)59(52-20-11-19-46(38-52)54-23-12-18-44-17-7-8-21-53(44)54)50-30-25-42(26-31-50)45-29-34-58-56(39-45)55-22-9-10-24-57(55)60-58/h1-39H. The van der Waals surface area contributed by atoms with Gasteiger partial charge in [0.25, 0.3) is 0 Å². The monoisotopic (exact) mass is 765 g/mol. The predicted molar refractivity (Wildman–Crippen MR) is 253 cm³/mol. The van der Waals surface area contributed by atoms with Gasteiger partial charge >= 0.3 is 0 Å². The quantitative estimate of drug-likeness (QED) is 0.153. The lowest BCUT2D eigenvalue weighted by Gasteiger charge is -2.26. The Labute approximate surface area is 349 Å². The average Bonchev–Trinajstić information content (AvgIpc) is 3.70. The van der Waals surface area contributed by atoms with Crippen molar-refractivity contribution in [1.82, 2.24) is 0 Å². The van der Waals surface area contributed by atoms with Crippen LogP contribution in [-0.2, 0) is 0 Å². The Morgan fingerprint density at radius 2 is 0.733 bits per heavy atom. The van der Waals surface area contributed by atoms with Gasteiger partial charge in [0, 0.05) is 27.8 Å². The molecule has 10 aromatic carbocycles. The largest absolute Gasteiger partial charge is 0.456 e. The van der Waals surface area contributed by atoms with Crippen LogP contribution in [0.4, 0.5) is 17.1 Å². The lowest BCUT2D eigenvalue weighted by Crippen LogP contribution is -2.10. The summed E-state index contributed by atoms with van der Waals surface area (Å²) in [5, 5.41) is 4.74. The predicted octanol–water partition coefficient (Wildman–Crippen LogP) is 16.5. The molecule has 0 radical (unpaired) electrons. The fourth-order valence-corrected chi connectivity index (χ4v) is 8.64. The molecule has 11 aromatic rings. The number of fused-ring (bicyclic) bond motifs is 4. The zero-order valence-electron chi connectivity index (χ0n) is 32.9. The minimum atomic E-state index is 0.903. The lowest BCUT2D eigenvalue weighted by atomic mass is 9.93. The van der Waals surface area contributed by atoms with E-state index < -0.39 is 0 Å². The highest BCUT2D eigenvalue weighted by Gasteiger charge is 2.16. The van der Waals surface area contributed by atoms with Crippen LogP contribution in [0.15, 0.2) is 241 Å². The van der Waals surface area contributed by atoms with E-state index in [0.717, 1.165) is 55.7 Å². The number of anilines is 3. The van der Waals surface area contributed by atoms with Crippen molar-refractivity contribution < 1.29 is 4.42 Å². The van der Waals surface area contributed by atoms with Crippen molar-refractivity contribution in [3.05, 3.63) is 237 Å². The average molecular weight is 766 g/mol. The maximum Gasteiger partial charge on any atom is 0.135 e. The molecule has 0 saturated heterocycles. The van der Waals surface area contributed by atoms with Crippen molar-refractivity contribution in [3.8, 4) is 55.6 Å². The minimum absolute atomic E-state index is 0.903. The summed E-state index contributed by atoms with van der Waals surface area (Å²) in [6, 6.07) is 85.0. The van der Waals surface area contributed by atoms with E-state index in [1.807, 2.05) is 12.1 Å². The van der Waals surface area contributed by atoms with Crippen molar-refractivity contribution in [2.75, 3.05) is 4.90 Å². The van der Waals surface area contributed by atoms with Crippen LogP contribution in [0, 0.1) is 0 Å². The molecule has 0 aliphatic carbocycles. The van der Waals surface area contributed by atoms with Crippen LogP contribution in [0.3, 0.4) is 0 Å². The van der Waals surface area contributed by atoms with E-state index in [9.17, 15) is 0 Å². The Balaban J connectivity index is 1.01. The number of rotatable bonds is 8. The first kappa shape index (κ1) is 35.2. The highest BCUT2D eigenvalue weighted by Crippen LogP contribution is 2.41. The first-order valence-corrected chi connectivity index (χ1v) is 20.5. The SMILES string of the molecule is c1ccc(-c2cc(-c3ccccc3)cc(-c3ccc(N(c4ccc(-c5ccc6oc7ccccc7c6c5)cc4)c4cccc(-c5cccc6ccccc56)c4)cc3)c2)cc1. The van der Waals surface area contributed by atoms with E-state index in [2.05, 4.69) is 229 Å². The van der Waals surface area contributed by atoms with Gasteiger partial charge in [-0.15, -0.1) is 0 Å². The van der Waals surface area contributed by atoms with Crippen molar-refractivity contribution in [2.24, 2.45) is 0 Å². The minimum Gasteiger partial charge on any atom is -0.456 e. The van der Waals surface area contributed by atoms with Gasteiger partial charge in [0.15, 0.2) is 0 Å². The summed E-state index contributed by atoms with van der Waals surface area (Å²) in [4.78, 5) is 2.37. The molecule has 0 fully saturated rings. The highest BCUT2D eigenvalue weighted by molar-refractivity contribution is 6.06. The Kier molecular flexibility index (Phi) is 8.87. The van der Waals surface area contributed by atoms with Crippen LogP contribution in [0.1, 0.15) is 0 Å². The zero-order chi connectivity index (χ0) is 39.8. The van der Waals surface area contributed by atoms with Crippen molar-refractivity contribution in [1.29, 1.82) is 0 Å². The number of hydrogen-bond donors (Lipinski definition) is 0. The second-order valence-corrected chi connectivity index (χ2v) is 15.3. The van der Waals surface area contributed by atoms with Crippen molar-refractivity contribution in [3.63, 3.8) is 0 Å². The molecule has 1 heterocycles. The molecule has 282 valence electrons. The van der Waals surface area contributed by atoms with Gasteiger partial charge < -0.3 is 9.32 Å². The van der Waals surface area contributed by atoms with Gasteiger partial charge in [0.2, 0.25) is 0 Å². The van der Waals surface area contributed by atoms with Crippen molar-refractivity contribution in [2.45, 2.75) is 0 Å². The van der Waals surface area contributed by atoms with Gasteiger partial charge in [-0.2, -0.15) is 0 Å². The van der Waals surface area contributed by atoms with E-state index in [4.69, 9.17) is 4.42 Å². The Hall–Kier alpha value is -7.94. The van der Waals surface area contributed by atoms with Crippen LogP contribution in [0.25, 0.3) is 88.3 Å².